The minimum absolute atomic E-state index is 0.0152. The Bertz CT molecular complexity index is 1100. The summed E-state index contributed by atoms with van der Waals surface area (Å²) in [5.74, 6) is -0.101. The van der Waals surface area contributed by atoms with Crippen LogP contribution in [0, 0.1) is 16.7 Å². The lowest BCUT2D eigenvalue weighted by Crippen LogP contribution is -2.58. The number of carbonyl (C=O) groups is 2. The second kappa shape index (κ2) is 12.2. The van der Waals surface area contributed by atoms with Crippen molar-refractivity contribution in [2.75, 3.05) is 39.0 Å². The van der Waals surface area contributed by atoms with E-state index in [9.17, 15) is 18.0 Å². The third kappa shape index (κ3) is 6.84. The smallest absolute Gasteiger partial charge is 0.425 e. The molecule has 1 aromatic rings. The van der Waals surface area contributed by atoms with Crippen molar-refractivity contribution in [1.82, 2.24) is 14.9 Å². The first-order chi connectivity index (χ1) is 18.4. The molecule has 1 aliphatic heterocycles. The molecule has 2 bridgehead atoms. The van der Waals surface area contributed by atoms with Gasteiger partial charge >= 0.3 is 6.09 Å². The first-order valence-corrected chi connectivity index (χ1v) is 16.0. The van der Waals surface area contributed by atoms with Crippen LogP contribution in [0.1, 0.15) is 70.8 Å². The summed E-state index contributed by atoms with van der Waals surface area (Å²) in [4.78, 5) is 27.0. The van der Waals surface area contributed by atoms with Crippen molar-refractivity contribution in [2.24, 2.45) is 16.7 Å². The Balaban J connectivity index is 0.000000202. The molecule has 0 aromatic heterocycles. The van der Waals surface area contributed by atoms with Gasteiger partial charge in [-0.2, -0.15) is 8.42 Å². The largest absolute Gasteiger partial charge is 0.444 e. The zero-order valence-corrected chi connectivity index (χ0v) is 24.5. The standard InChI is InChI=1S/C19H29N3O2.C10H16O4S/c1-20-12-14-21(15-13-20)22(18-10-6-3-7-11-18)19(23)24-16-17-8-4-2-5-9-17;1-9(2)7-3-4-10(9,8(11)5-7)6-15(12,13)14/h2,4-5,8-9,18H,3,6-7,10-16H2,1H3;7H,3-6H2,1-2H3,(H,12,13,14)/t;7-,10-/m.1/s1. The van der Waals surface area contributed by atoms with Crippen molar-refractivity contribution < 1.29 is 27.3 Å². The predicted octanol–water partition coefficient (Wildman–Crippen LogP) is 4.39. The first kappa shape index (κ1) is 30.0. The molecule has 1 aromatic carbocycles. The van der Waals surface area contributed by atoms with Gasteiger partial charge in [0, 0.05) is 32.6 Å². The van der Waals surface area contributed by atoms with Crippen molar-refractivity contribution in [3.05, 3.63) is 35.9 Å². The Labute approximate surface area is 233 Å². The van der Waals surface area contributed by atoms with Crippen LogP contribution in [0.15, 0.2) is 30.3 Å². The number of hydrogen-bond acceptors (Lipinski definition) is 7. The van der Waals surface area contributed by atoms with Gasteiger partial charge in [-0.3, -0.25) is 9.35 Å². The van der Waals surface area contributed by atoms with E-state index < -0.39 is 21.3 Å². The van der Waals surface area contributed by atoms with E-state index >= 15 is 0 Å². The van der Waals surface area contributed by atoms with E-state index in [1.165, 1.54) is 19.3 Å². The number of hydrazine groups is 1. The molecule has 3 saturated carbocycles. The van der Waals surface area contributed by atoms with Crippen molar-refractivity contribution in [3.8, 4) is 0 Å². The number of Topliss-reactive ketones (excluding diaryl/α,β-unsaturated/α-hetero) is 1. The topological polar surface area (TPSA) is 107 Å². The highest BCUT2D eigenvalue weighted by Crippen LogP contribution is 2.64. The molecule has 10 heteroatoms. The van der Waals surface area contributed by atoms with Gasteiger partial charge in [0.1, 0.15) is 12.4 Å². The van der Waals surface area contributed by atoms with Gasteiger partial charge < -0.3 is 9.64 Å². The van der Waals surface area contributed by atoms with Gasteiger partial charge in [-0.05, 0) is 49.6 Å². The maximum absolute atomic E-state index is 12.8. The van der Waals surface area contributed by atoms with Gasteiger partial charge in [0.2, 0.25) is 0 Å². The monoisotopic (exact) mass is 563 g/mol. The van der Waals surface area contributed by atoms with Crippen LogP contribution in [0.5, 0.6) is 0 Å². The highest BCUT2D eigenvalue weighted by molar-refractivity contribution is 7.85. The number of nitrogens with zero attached hydrogens (tertiary/aromatic N) is 3. The number of hydrogen-bond donors (Lipinski definition) is 1. The van der Waals surface area contributed by atoms with E-state index in [1.54, 1.807) is 0 Å². The number of ether oxygens (including phenoxy) is 1. The zero-order chi connectivity index (χ0) is 28.3. The molecule has 0 spiro atoms. The number of carbonyl (C=O) groups excluding carboxylic acids is 2. The maximum atomic E-state index is 12.8. The summed E-state index contributed by atoms with van der Waals surface area (Å²) in [6.45, 7) is 8.02. The number of ketones is 1. The normalized spacial score (nSPS) is 27.6. The molecule has 5 rings (SSSR count). The molecule has 4 aliphatic rings. The number of likely N-dealkylation sites (N-methyl/N-ethyl adjacent to an activating group) is 1. The van der Waals surface area contributed by atoms with Crippen LogP contribution in [0.2, 0.25) is 0 Å². The molecule has 4 fully saturated rings. The van der Waals surface area contributed by atoms with Crippen LogP contribution in [0.3, 0.4) is 0 Å². The quantitative estimate of drug-likeness (QED) is 0.508. The predicted molar refractivity (Wildman–Crippen MR) is 149 cm³/mol. The number of benzene rings is 1. The summed E-state index contributed by atoms with van der Waals surface area (Å²) >= 11 is 0. The highest BCUT2D eigenvalue weighted by Gasteiger charge is 2.65. The molecule has 39 heavy (non-hydrogen) atoms. The fourth-order valence-corrected chi connectivity index (χ4v) is 8.34. The van der Waals surface area contributed by atoms with E-state index in [4.69, 9.17) is 9.29 Å². The zero-order valence-electron chi connectivity index (χ0n) is 23.7. The summed E-state index contributed by atoms with van der Waals surface area (Å²) < 4.78 is 36.6. The second-order valence-corrected chi connectivity index (χ2v) is 13.8. The van der Waals surface area contributed by atoms with E-state index in [0.717, 1.165) is 51.0 Å². The van der Waals surface area contributed by atoms with Crippen LogP contribution in [0.25, 0.3) is 0 Å². The number of piperazine rings is 1. The number of rotatable bonds is 6. The average molecular weight is 564 g/mol. The van der Waals surface area contributed by atoms with Crippen LogP contribution >= 0.6 is 0 Å². The van der Waals surface area contributed by atoms with Crippen molar-refractivity contribution in [2.45, 2.75) is 77.9 Å². The molecule has 3 aliphatic carbocycles. The Morgan fingerprint density at radius 1 is 1.05 bits per heavy atom. The Morgan fingerprint density at radius 2 is 1.69 bits per heavy atom. The van der Waals surface area contributed by atoms with Gasteiger partial charge in [0.05, 0.1) is 17.2 Å². The summed E-state index contributed by atoms with van der Waals surface area (Å²) in [7, 11) is -1.94. The molecule has 1 amide bonds. The van der Waals surface area contributed by atoms with Gasteiger partial charge in [-0.25, -0.2) is 14.8 Å². The highest BCUT2D eigenvalue weighted by atomic mass is 32.2. The fraction of sp³-hybridized carbons (Fsp3) is 0.724. The molecular formula is C29H45N3O6S. The summed E-state index contributed by atoms with van der Waals surface area (Å²) in [6.07, 6.45) is 7.67. The molecular weight excluding hydrogens is 518 g/mol. The maximum Gasteiger partial charge on any atom is 0.425 e. The fourth-order valence-electron chi connectivity index (χ4n) is 7.04. The van der Waals surface area contributed by atoms with E-state index in [2.05, 4.69) is 17.0 Å². The number of fused-ring (bicyclic) bond motifs is 2. The van der Waals surface area contributed by atoms with Crippen molar-refractivity contribution in [1.29, 1.82) is 0 Å². The third-order valence-corrected chi connectivity index (χ3v) is 10.5. The minimum Gasteiger partial charge on any atom is -0.444 e. The SMILES string of the molecule is CC1(C)[C@@H]2CC[C@@]1(CS(=O)(=O)O)C(=O)C2.CN1CCN(N(C(=O)OCc2ccccc2)C2CCCCC2)CC1. The van der Waals surface area contributed by atoms with Gasteiger partial charge in [0.25, 0.3) is 10.1 Å². The van der Waals surface area contributed by atoms with Gasteiger partial charge in [0.15, 0.2) is 0 Å². The molecule has 1 N–H and O–H groups in total. The lowest BCUT2D eigenvalue weighted by atomic mass is 9.70. The van der Waals surface area contributed by atoms with E-state index in [-0.39, 0.29) is 23.2 Å². The van der Waals surface area contributed by atoms with E-state index in [0.29, 0.717) is 25.5 Å². The second-order valence-electron chi connectivity index (χ2n) is 12.3. The summed E-state index contributed by atoms with van der Waals surface area (Å²) in [6, 6.07) is 10.2. The molecule has 0 unspecified atom stereocenters. The van der Waals surface area contributed by atoms with E-state index in [1.807, 2.05) is 49.2 Å². The summed E-state index contributed by atoms with van der Waals surface area (Å²) in [5, 5.41) is 4.15. The molecule has 9 nitrogen and oxygen atoms in total. The number of amides is 1. The van der Waals surface area contributed by atoms with Crippen LogP contribution in [-0.2, 0) is 26.3 Å². The van der Waals surface area contributed by atoms with Crippen LogP contribution in [0.4, 0.5) is 4.79 Å². The lowest BCUT2D eigenvalue weighted by molar-refractivity contribution is -0.128. The van der Waals surface area contributed by atoms with Crippen molar-refractivity contribution >= 4 is 22.0 Å². The molecule has 1 heterocycles. The Kier molecular flexibility index (Phi) is 9.41. The first-order valence-electron chi connectivity index (χ1n) is 14.3. The lowest BCUT2D eigenvalue weighted by Gasteiger charge is -2.44. The van der Waals surface area contributed by atoms with Gasteiger partial charge in [-0.1, -0.05) is 63.4 Å². The summed E-state index contributed by atoms with van der Waals surface area (Å²) in [5.41, 5.74) is -0.0849. The van der Waals surface area contributed by atoms with Crippen LogP contribution < -0.4 is 0 Å². The van der Waals surface area contributed by atoms with Crippen LogP contribution in [-0.4, -0.2) is 84.8 Å². The molecule has 218 valence electrons. The molecule has 0 radical (unpaired) electrons. The van der Waals surface area contributed by atoms with Crippen molar-refractivity contribution in [3.63, 3.8) is 0 Å². The molecule has 2 atom stereocenters. The van der Waals surface area contributed by atoms with Gasteiger partial charge in [-0.15, -0.1) is 0 Å². The molecule has 1 saturated heterocycles. The Hall–Kier alpha value is -2.01. The third-order valence-electron chi connectivity index (χ3n) is 9.67. The average Bonchev–Trinajstić information content (AvgIpc) is 3.24. The minimum atomic E-state index is -4.08. The Morgan fingerprint density at radius 3 is 2.23 bits per heavy atom.